The summed E-state index contributed by atoms with van der Waals surface area (Å²) in [6, 6.07) is 8.83. The Morgan fingerprint density at radius 1 is 1.08 bits per heavy atom. The molecule has 1 N–H and O–H groups in total. The summed E-state index contributed by atoms with van der Waals surface area (Å²) in [5.41, 5.74) is 0.505. The highest BCUT2D eigenvalue weighted by Crippen LogP contribution is 2.29. The fourth-order valence-corrected chi connectivity index (χ4v) is 3.70. The van der Waals surface area contributed by atoms with E-state index >= 15 is 0 Å². The Morgan fingerprint density at radius 2 is 1.84 bits per heavy atom. The smallest absolute Gasteiger partial charge is 0.264 e. The van der Waals surface area contributed by atoms with Crippen LogP contribution in [0.2, 0.25) is 10.0 Å². The Labute approximate surface area is 160 Å². The summed E-state index contributed by atoms with van der Waals surface area (Å²) < 4.78 is 0. The Kier molecular flexibility index (Phi) is 5.96. The number of nitrogens with zero attached hydrogens (tertiary/aromatic N) is 2. The third kappa shape index (κ3) is 4.52. The van der Waals surface area contributed by atoms with Crippen molar-refractivity contribution in [1.82, 2.24) is 9.80 Å². The molecule has 1 aliphatic heterocycles. The molecule has 1 fully saturated rings. The lowest BCUT2D eigenvalue weighted by Gasteiger charge is -2.34. The van der Waals surface area contributed by atoms with Gasteiger partial charge in [0, 0.05) is 26.2 Å². The Morgan fingerprint density at radius 3 is 2.52 bits per heavy atom. The van der Waals surface area contributed by atoms with Crippen molar-refractivity contribution in [3.63, 3.8) is 0 Å². The average Bonchev–Trinajstić information content (AvgIpc) is 3.13. The first-order chi connectivity index (χ1) is 12.0. The summed E-state index contributed by atoms with van der Waals surface area (Å²) in [6.45, 7) is 2.80. The zero-order chi connectivity index (χ0) is 17.8. The first-order valence-electron chi connectivity index (χ1n) is 7.83. The second kappa shape index (κ2) is 8.19. The molecule has 1 aliphatic rings. The first-order valence-corrected chi connectivity index (χ1v) is 9.47. The second-order valence-electron chi connectivity index (χ2n) is 5.70. The third-order valence-electron chi connectivity index (χ3n) is 3.98. The number of carbonyl (C=O) groups excluding carboxylic acids is 2. The molecule has 0 saturated carbocycles. The molecule has 0 bridgehead atoms. The maximum atomic E-state index is 12.3. The van der Waals surface area contributed by atoms with Crippen LogP contribution in [0.25, 0.3) is 0 Å². The summed E-state index contributed by atoms with van der Waals surface area (Å²) >= 11 is 13.5. The normalized spacial score (nSPS) is 15.2. The van der Waals surface area contributed by atoms with E-state index in [9.17, 15) is 9.59 Å². The van der Waals surface area contributed by atoms with Gasteiger partial charge in [-0.15, -0.1) is 11.3 Å². The third-order valence-corrected chi connectivity index (χ3v) is 5.66. The van der Waals surface area contributed by atoms with Crippen LogP contribution in [-0.2, 0) is 4.79 Å². The van der Waals surface area contributed by atoms with Crippen LogP contribution < -0.4 is 5.32 Å². The molecular formula is C17H17Cl2N3O2S. The summed E-state index contributed by atoms with van der Waals surface area (Å²) in [6.07, 6.45) is 0. The molecule has 1 saturated heterocycles. The number of hydrogen-bond acceptors (Lipinski definition) is 4. The highest BCUT2D eigenvalue weighted by Gasteiger charge is 2.23. The van der Waals surface area contributed by atoms with Crippen LogP contribution in [0.1, 0.15) is 9.67 Å². The maximum absolute atomic E-state index is 12.3. The van der Waals surface area contributed by atoms with Crippen LogP contribution in [0.5, 0.6) is 0 Å². The van der Waals surface area contributed by atoms with E-state index < -0.39 is 0 Å². The molecule has 25 heavy (non-hydrogen) atoms. The van der Waals surface area contributed by atoms with Gasteiger partial charge in [-0.2, -0.15) is 0 Å². The molecule has 0 unspecified atom stereocenters. The number of thiophene rings is 1. The van der Waals surface area contributed by atoms with Gasteiger partial charge >= 0.3 is 0 Å². The van der Waals surface area contributed by atoms with Crippen molar-refractivity contribution in [2.75, 3.05) is 38.0 Å². The van der Waals surface area contributed by atoms with Crippen LogP contribution in [0.15, 0.2) is 35.7 Å². The van der Waals surface area contributed by atoms with Crippen molar-refractivity contribution in [3.8, 4) is 0 Å². The van der Waals surface area contributed by atoms with Gasteiger partial charge in [-0.05, 0) is 23.6 Å². The van der Waals surface area contributed by atoms with E-state index in [2.05, 4.69) is 5.32 Å². The van der Waals surface area contributed by atoms with Crippen LogP contribution in [0.3, 0.4) is 0 Å². The monoisotopic (exact) mass is 397 g/mol. The fraction of sp³-hybridized carbons (Fsp3) is 0.294. The molecule has 0 atom stereocenters. The first kappa shape index (κ1) is 18.2. The van der Waals surface area contributed by atoms with E-state index in [0.29, 0.717) is 41.9 Å². The van der Waals surface area contributed by atoms with Gasteiger partial charge in [-0.1, -0.05) is 35.3 Å². The summed E-state index contributed by atoms with van der Waals surface area (Å²) in [7, 11) is 0. The van der Waals surface area contributed by atoms with Gasteiger partial charge in [0.05, 0.1) is 27.2 Å². The van der Waals surface area contributed by atoms with Crippen molar-refractivity contribution in [3.05, 3.63) is 50.6 Å². The molecule has 1 aromatic carbocycles. The molecule has 2 heterocycles. The number of halogens is 2. The van der Waals surface area contributed by atoms with Crippen LogP contribution >= 0.6 is 34.5 Å². The average molecular weight is 398 g/mol. The zero-order valence-electron chi connectivity index (χ0n) is 13.4. The van der Waals surface area contributed by atoms with E-state index in [1.807, 2.05) is 27.3 Å². The van der Waals surface area contributed by atoms with Crippen molar-refractivity contribution >= 4 is 52.0 Å². The predicted octanol–water partition coefficient (Wildman–Crippen LogP) is 3.45. The molecule has 2 amide bonds. The quantitative estimate of drug-likeness (QED) is 0.859. The molecule has 5 nitrogen and oxygen atoms in total. The topological polar surface area (TPSA) is 52.7 Å². The van der Waals surface area contributed by atoms with Crippen molar-refractivity contribution in [1.29, 1.82) is 0 Å². The van der Waals surface area contributed by atoms with Gasteiger partial charge in [0.25, 0.3) is 5.91 Å². The predicted molar refractivity (Wildman–Crippen MR) is 102 cm³/mol. The van der Waals surface area contributed by atoms with Gasteiger partial charge in [0.2, 0.25) is 5.91 Å². The zero-order valence-corrected chi connectivity index (χ0v) is 15.7. The van der Waals surface area contributed by atoms with Crippen LogP contribution in [-0.4, -0.2) is 54.3 Å². The van der Waals surface area contributed by atoms with Gasteiger partial charge in [0.15, 0.2) is 0 Å². The lowest BCUT2D eigenvalue weighted by atomic mass is 10.2. The summed E-state index contributed by atoms with van der Waals surface area (Å²) in [5.74, 6) is -0.0907. The molecule has 0 aliphatic carbocycles. The van der Waals surface area contributed by atoms with E-state index in [1.54, 1.807) is 18.2 Å². The number of nitrogens with one attached hydrogen (secondary N) is 1. The fourth-order valence-electron chi connectivity index (χ4n) is 2.66. The summed E-state index contributed by atoms with van der Waals surface area (Å²) in [5, 5.41) is 5.42. The Hall–Kier alpha value is -1.60. The Balaban J connectivity index is 1.49. The molecule has 132 valence electrons. The van der Waals surface area contributed by atoms with E-state index in [-0.39, 0.29) is 18.4 Å². The van der Waals surface area contributed by atoms with E-state index in [4.69, 9.17) is 23.2 Å². The van der Waals surface area contributed by atoms with Gasteiger partial charge in [-0.25, -0.2) is 0 Å². The van der Waals surface area contributed by atoms with E-state index in [1.165, 1.54) is 11.3 Å². The molecular weight excluding hydrogens is 381 g/mol. The second-order valence-corrected chi connectivity index (χ2v) is 7.43. The number of benzene rings is 1. The number of amides is 2. The number of carbonyl (C=O) groups is 2. The largest absolute Gasteiger partial charge is 0.335 e. The lowest BCUT2D eigenvalue weighted by molar-refractivity contribution is -0.117. The highest BCUT2D eigenvalue weighted by molar-refractivity contribution is 7.12. The van der Waals surface area contributed by atoms with Crippen LogP contribution in [0.4, 0.5) is 5.69 Å². The highest BCUT2D eigenvalue weighted by atomic mass is 35.5. The molecule has 2 aromatic rings. The number of hydrogen-bond donors (Lipinski definition) is 1. The van der Waals surface area contributed by atoms with Gasteiger partial charge in [0.1, 0.15) is 0 Å². The molecule has 1 aromatic heterocycles. The molecule has 0 radical (unpaired) electrons. The van der Waals surface area contributed by atoms with Gasteiger partial charge in [-0.3, -0.25) is 14.5 Å². The van der Waals surface area contributed by atoms with Gasteiger partial charge < -0.3 is 10.2 Å². The minimum absolute atomic E-state index is 0.0600. The minimum Gasteiger partial charge on any atom is -0.335 e. The molecule has 3 rings (SSSR count). The van der Waals surface area contributed by atoms with Crippen molar-refractivity contribution < 1.29 is 9.59 Å². The standard InChI is InChI=1S/C17H17Cl2N3O2S/c18-12-3-1-4-13(16(12)19)20-15(23)11-21-6-8-22(9-7-21)17(24)14-5-2-10-25-14/h1-5,10H,6-9,11H2,(H,20,23). The number of rotatable bonds is 4. The minimum atomic E-state index is -0.151. The summed E-state index contributed by atoms with van der Waals surface area (Å²) in [4.78, 5) is 29.1. The maximum Gasteiger partial charge on any atom is 0.264 e. The van der Waals surface area contributed by atoms with Crippen LogP contribution in [0, 0.1) is 0 Å². The van der Waals surface area contributed by atoms with E-state index in [0.717, 1.165) is 4.88 Å². The molecule has 8 heteroatoms. The van der Waals surface area contributed by atoms with Crippen molar-refractivity contribution in [2.45, 2.75) is 0 Å². The SMILES string of the molecule is O=C(CN1CCN(C(=O)c2cccs2)CC1)Nc1cccc(Cl)c1Cl. The van der Waals surface area contributed by atoms with Crippen molar-refractivity contribution in [2.24, 2.45) is 0 Å². The Bertz CT molecular complexity index is 759. The molecule has 0 spiro atoms. The number of piperazine rings is 1. The lowest BCUT2D eigenvalue weighted by Crippen LogP contribution is -2.50. The number of anilines is 1.